The molecule has 4 N–H and O–H groups in total. The van der Waals surface area contributed by atoms with Gasteiger partial charge in [0, 0.05) is 12.2 Å². The van der Waals surface area contributed by atoms with Crippen LogP contribution in [0.25, 0.3) is 0 Å². The minimum absolute atomic E-state index is 0.772. The fraction of sp³-hybridized carbons (Fsp3) is 0.286. The van der Waals surface area contributed by atoms with E-state index in [1.54, 1.807) is 0 Å². The summed E-state index contributed by atoms with van der Waals surface area (Å²) < 4.78 is 5.61. The lowest BCUT2D eigenvalue weighted by molar-refractivity contribution is -0.159. The van der Waals surface area contributed by atoms with Crippen molar-refractivity contribution in [1.82, 2.24) is 5.32 Å². The number of rotatable bonds is 6. The summed E-state index contributed by atoms with van der Waals surface area (Å²) in [5, 5.41) is 21.3. The second-order valence-corrected chi connectivity index (χ2v) is 6.26. The van der Waals surface area contributed by atoms with Crippen LogP contribution < -0.4 is 15.4 Å². The van der Waals surface area contributed by atoms with Crippen LogP contribution in [0.1, 0.15) is 24.5 Å². The van der Waals surface area contributed by atoms with Crippen LogP contribution >= 0.6 is 0 Å². The van der Waals surface area contributed by atoms with E-state index in [4.69, 9.17) is 24.5 Å². The number of benzene rings is 2. The average Bonchev–Trinajstić information content (AvgIpc) is 3.22. The normalized spacial score (nSPS) is 12.1. The molecular weight excluding hydrogens is 374 g/mol. The van der Waals surface area contributed by atoms with Crippen molar-refractivity contribution in [3.63, 3.8) is 0 Å². The van der Waals surface area contributed by atoms with Gasteiger partial charge in [0.25, 0.3) is 0 Å². The van der Waals surface area contributed by atoms with Crippen LogP contribution in [-0.2, 0) is 16.0 Å². The van der Waals surface area contributed by atoms with Gasteiger partial charge in [-0.1, -0.05) is 31.2 Å². The molecule has 0 amide bonds. The number of guanidine groups is 1. The van der Waals surface area contributed by atoms with Gasteiger partial charge in [0.15, 0.2) is 5.96 Å². The van der Waals surface area contributed by atoms with Gasteiger partial charge in [0.05, 0.1) is 13.2 Å². The van der Waals surface area contributed by atoms with E-state index in [-0.39, 0.29) is 0 Å². The Labute approximate surface area is 169 Å². The third-order valence-electron chi connectivity index (χ3n) is 3.88. The van der Waals surface area contributed by atoms with E-state index in [2.05, 4.69) is 58.9 Å². The zero-order chi connectivity index (χ0) is 21.1. The number of aliphatic carboxylic acids is 2. The Hall–Kier alpha value is -3.55. The van der Waals surface area contributed by atoms with E-state index >= 15 is 0 Å². The van der Waals surface area contributed by atoms with Gasteiger partial charge >= 0.3 is 11.9 Å². The highest BCUT2D eigenvalue weighted by Gasteiger charge is 2.05. The number of nitrogens with one attached hydrogen (secondary N) is 2. The van der Waals surface area contributed by atoms with Crippen molar-refractivity contribution >= 4 is 23.6 Å². The van der Waals surface area contributed by atoms with Crippen molar-refractivity contribution in [2.75, 3.05) is 25.0 Å². The van der Waals surface area contributed by atoms with Crippen molar-refractivity contribution in [2.45, 2.75) is 19.8 Å². The molecule has 2 aromatic carbocycles. The smallest absolute Gasteiger partial charge is 0.414 e. The topological polar surface area (TPSA) is 120 Å². The first kappa shape index (κ1) is 21.7. The summed E-state index contributed by atoms with van der Waals surface area (Å²) in [7, 11) is 0. The SMILES string of the molecule is CCCOc1ccc(Cc2ccc(NC3=NCCN3)cc2)cc1.O=C(O)C(=O)O. The molecule has 0 saturated carbocycles. The van der Waals surface area contributed by atoms with Crippen LogP contribution in [0, 0.1) is 0 Å². The van der Waals surface area contributed by atoms with Crippen molar-refractivity contribution in [2.24, 2.45) is 4.99 Å². The average molecular weight is 399 g/mol. The first-order valence-corrected chi connectivity index (χ1v) is 9.30. The molecule has 8 heteroatoms. The van der Waals surface area contributed by atoms with E-state index < -0.39 is 11.9 Å². The Morgan fingerprint density at radius 2 is 1.62 bits per heavy atom. The van der Waals surface area contributed by atoms with Crippen LogP contribution in [0.15, 0.2) is 53.5 Å². The Kier molecular flexibility index (Phi) is 8.50. The van der Waals surface area contributed by atoms with E-state index in [0.29, 0.717) is 0 Å². The molecule has 1 heterocycles. The minimum atomic E-state index is -1.82. The Balaban J connectivity index is 0.000000438. The molecule has 0 aliphatic carbocycles. The van der Waals surface area contributed by atoms with Gasteiger partial charge in [-0.3, -0.25) is 4.99 Å². The first-order chi connectivity index (χ1) is 14.0. The van der Waals surface area contributed by atoms with E-state index in [1.807, 2.05) is 12.1 Å². The second kappa shape index (κ2) is 11.3. The second-order valence-electron chi connectivity index (χ2n) is 6.26. The van der Waals surface area contributed by atoms with Crippen molar-refractivity contribution < 1.29 is 24.5 Å². The maximum atomic E-state index is 9.10. The monoisotopic (exact) mass is 399 g/mol. The minimum Gasteiger partial charge on any atom is -0.494 e. The van der Waals surface area contributed by atoms with Crippen molar-refractivity contribution in [3.05, 3.63) is 59.7 Å². The maximum Gasteiger partial charge on any atom is 0.414 e. The molecule has 0 bridgehead atoms. The summed E-state index contributed by atoms with van der Waals surface area (Å²) >= 11 is 0. The van der Waals surface area contributed by atoms with Crippen LogP contribution in [0.3, 0.4) is 0 Å². The summed E-state index contributed by atoms with van der Waals surface area (Å²) in [4.78, 5) is 22.5. The number of aliphatic imine (C=N–C) groups is 1. The van der Waals surface area contributed by atoms with Gasteiger partial charge in [-0.15, -0.1) is 0 Å². The van der Waals surface area contributed by atoms with Gasteiger partial charge in [-0.25, -0.2) is 9.59 Å². The molecule has 0 saturated heterocycles. The third-order valence-corrected chi connectivity index (χ3v) is 3.88. The molecule has 0 unspecified atom stereocenters. The van der Waals surface area contributed by atoms with Crippen LogP contribution in [0.5, 0.6) is 5.75 Å². The summed E-state index contributed by atoms with van der Waals surface area (Å²) in [6, 6.07) is 16.9. The van der Waals surface area contributed by atoms with Gasteiger partial charge in [-0.05, 0) is 48.2 Å². The molecule has 0 spiro atoms. The first-order valence-electron chi connectivity index (χ1n) is 9.30. The number of carboxylic acid groups (broad SMARTS) is 2. The zero-order valence-electron chi connectivity index (χ0n) is 16.2. The quantitative estimate of drug-likeness (QED) is 0.551. The predicted molar refractivity (Wildman–Crippen MR) is 111 cm³/mol. The summed E-state index contributed by atoms with van der Waals surface area (Å²) in [6.07, 6.45) is 1.96. The number of carboxylic acids is 2. The number of hydrogen-bond donors (Lipinski definition) is 4. The lowest BCUT2D eigenvalue weighted by atomic mass is 10.0. The molecule has 0 fully saturated rings. The van der Waals surface area contributed by atoms with Crippen molar-refractivity contribution in [1.29, 1.82) is 0 Å². The van der Waals surface area contributed by atoms with Gasteiger partial charge in [0.2, 0.25) is 0 Å². The number of nitrogens with zero attached hydrogens (tertiary/aromatic N) is 1. The number of ether oxygens (including phenoxy) is 1. The molecule has 8 nitrogen and oxygen atoms in total. The lowest BCUT2D eigenvalue weighted by Crippen LogP contribution is -2.26. The molecule has 3 rings (SSSR count). The Morgan fingerprint density at radius 3 is 2.10 bits per heavy atom. The number of anilines is 1. The van der Waals surface area contributed by atoms with Crippen LogP contribution in [0.4, 0.5) is 5.69 Å². The van der Waals surface area contributed by atoms with Crippen molar-refractivity contribution in [3.8, 4) is 5.75 Å². The molecular formula is C21H25N3O5. The zero-order valence-corrected chi connectivity index (χ0v) is 16.2. The third kappa shape index (κ3) is 7.92. The van der Waals surface area contributed by atoms with Gasteiger partial charge < -0.3 is 25.6 Å². The lowest BCUT2D eigenvalue weighted by Gasteiger charge is -2.08. The summed E-state index contributed by atoms with van der Waals surface area (Å²) in [6.45, 7) is 4.65. The standard InChI is InChI=1S/C19H23N3O.C2H2O4/c1-2-13-23-18-9-5-16(6-10-18)14-15-3-7-17(8-4-15)22-19-20-11-12-21-19;3-1(4)2(5)6/h3-10H,2,11-14H2,1H3,(H2,20,21,22);(H,3,4)(H,5,6). The Bertz CT molecular complexity index is 820. The number of hydrogen-bond acceptors (Lipinski definition) is 6. The molecule has 1 aliphatic rings. The highest BCUT2D eigenvalue weighted by molar-refractivity contribution is 6.27. The molecule has 0 radical (unpaired) electrons. The molecule has 154 valence electrons. The van der Waals surface area contributed by atoms with Gasteiger partial charge in [-0.2, -0.15) is 0 Å². The largest absolute Gasteiger partial charge is 0.494 e. The highest BCUT2D eigenvalue weighted by atomic mass is 16.5. The van der Waals surface area contributed by atoms with E-state index in [1.165, 1.54) is 11.1 Å². The molecule has 0 aromatic heterocycles. The fourth-order valence-electron chi connectivity index (χ4n) is 2.48. The molecule has 29 heavy (non-hydrogen) atoms. The van der Waals surface area contributed by atoms with Crippen LogP contribution in [-0.4, -0.2) is 47.8 Å². The van der Waals surface area contributed by atoms with Crippen LogP contribution in [0.2, 0.25) is 0 Å². The summed E-state index contributed by atoms with van der Waals surface area (Å²) in [5.74, 6) is -1.84. The van der Waals surface area contributed by atoms with E-state index in [9.17, 15) is 0 Å². The van der Waals surface area contributed by atoms with Gasteiger partial charge in [0.1, 0.15) is 5.75 Å². The highest BCUT2D eigenvalue weighted by Crippen LogP contribution is 2.17. The summed E-state index contributed by atoms with van der Waals surface area (Å²) in [5.41, 5.74) is 3.64. The molecule has 0 atom stereocenters. The predicted octanol–water partition coefficient (Wildman–Crippen LogP) is 2.59. The van der Waals surface area contributed by atoms with E-state index in [0.717, 1.165) is 49.9 Å². The Morgan fingerprint density at radius 1 is 1.03 bits per heavy atom. The fourth-order valence-corrected chi connectivity index (χ4v) is 2.48. The molecule has 1 aliphatic heterocycles. The maximum absolute atomic E-state index is 9.10. The number of carbonyl (C=O) groups is 2. The molecule has 2 aromatic rings.